The van der Waals surface area contributed by atoms with Crippen LogP contribution >= 0.6 is 0 Å². The minimum Gasteiger partial charge on any atom is -0.465 e. The molecule has 4 rings (SSSR count). The first-order valence-electron chi connectivity index (χ1n) is 15.2. The molecule has 0 spiro atoms. The Morgan fingerprint density at radius 2 is 1.62 bits per heavy atom. The van der Waals surface area contributed by atoms with Crippen LogP contribution in [-0.2, 0) is 20.7 Å². The molecule has 0 saturated carbocycles. The van der Waals surface area contributed by atoms with Crippen molar-refractivity contribution in [3.05, 3.63) is 102 Å². The number of rotatable bonds is 14. The summed E-state index contributed by atoms with van der Waals surface area (Å²) in [6.07, 6.45) is -0.446. The summed E-state index contributed by atoms with van der Waals surface area (Å²) in [6.45, 7) is 2.48. The van der Waals surface area contributed by atoms with Crippen LogP contribution in [0.4, 0.5) is 15.3 Å². The molecule has 0 aliphatic carbocycles. The largest absolute Gasteiger partial charge is 0.465 e. The lowest BCUT2D eigenvalue weighted by Crippen LogP contribution is -2.49. The summed E-state index contributed by atoms with van der Waals surface area (Å²) in [5.41, 5.74) is 3.18. The number of alkyl carbamates (subject to hydrolysis) is 1. The van der Waals surface area contributed by atoms with Crippen molar-refractivity contribution in [3.8, 4) is 0 Å². The number of amides is 3. The zero-order valence-electron chi connectivity index (χ0n) is 25.8. The van der Waals surface area contributed by atoms with Crippen molar-refractivity contribution < 1.29 is 29.0 Å². The minimum atomic E-state index is -1.28. The molecule has 1 heterocycles. The van der Waals surface area contributed by atoms with Crippen molar-refractivity contribution in [2.45, 2.75) is 36.9 Å². The Balaban J connectivity index is 1.35. The van der Waals surface area contributed by atoms with Gasteiger partial charge in [0.25, 0.3) is 0 Å². The van der Waals surface area contributed by atoms with Gasteiger partial charge in [0.15, 0.2) is 0 Å². The van der Waals surface area contributed by atoms with Crippen LogP contribution in [0.1, 0.15) is 29.0 Å². The predicted octanol–water partition coefficient (Wildman–Crippen LogP) is 3.67. The molecule has 3 atom stereocenters. The Morgan fingerprint density at radius 3 is 2.22 bits per heavy atom. The second-order valence-electron chi connectivity index (χ2n) is 11.3. The van der Waals surface area contributed by atoms with Gasteiger partial charge in [-0.15, -0.1) is 0 Å². The number of nitrogens with one attached hydrogen (secondary N) is 4. The molecular formula is C34H43N5O6. The van der Waals surface area contributed by atoms with Gasteiger partial charge in [0.1, 0.15) is 12.6 Å². The highest BCUT2D eigenvalue weighted by Crippen LogP contribution is 2.29. The van der Waals surface area contributed by atoms with E-state index in [0.717, 1.165) is 23.2 Å². The summed E-state index contributed by atoms with van der Waals surface area (Å²) >= 11 is 0. The minimum absolute atomic E-state index is 0.0547. The number of carbonyl (C=O) groups excluding carboxylic acids is 2. The lowest BCUT2D eigenvalue weighted by atomic mass is 9.84. The highest BCUT2D eigenvalue weighted by atomic mass is 16.6. The normalized spacial score (nSPS) is 17.0. The number of hydrogen-bond acceptors (Lipinski definition) is 7. The van der Waals surface area contributed by atoms with Gasteiger partial charge in [-0.2, -0.15) is 0 Å². The average Bonchev–Trinajstić information content (AvgIpc) is 3.04. The molecule has 45 heavy (non-hydrogen) atoms. The topological polar surface area (TPSA) is 141 Å². The van der Waals surface area contributed by atoms with Crippen molar-refractivity contribution >= 4 is 23.8 Å². The van der Waals surface area contributed by atoms with Gasteiger partial charge < -0.3 is 40.7 Å². The summed E-state index contributed by atoms with van der Waals surface area (Å²) in [6, 6.07) is 25.2. The fourth-order valence-corrected chi connectivity index (χ4v) is 5.29. The number of hydrogen-bond donors (Lipinski definition) is 5. The van der Waals surface area contributed by atoms with E-state index in [0.29, 0.717) is 38.2 Å². The van der Waals surface area contributed by atoms with E-state index in [4.69, 9.17) is 9.47 Å². The third-order valence-corrected chi connectivity index (χ3v) is 7.63. The first kappa shape index (κ1) is 33.4. The molecule has 11 heteroatoms. The van der Waals surface area contributed by atoms with Crippen LogP contribution < -0.4 is 21.3 Å². The molecule has 1 fully saturated rings. The Hall–Kier alpha value is -4.45. The number of benzene rings is 3. The molecule has 5 N–H and O–H groups in total. The molecule has 11 nitrogen and oxygen atoms in total. The van der Waals surface area contributed by atoms with Gasteiger partial charge in [0.05, 0.1) is 18.8 Å². The molecule has 1 aliphatic rings. The fourth-order valence-electron chi connectivity index (χ4n) is 5.29. The highest BCUT2D eigenvalue weighted by Gasteiger charge is 2.33. The van der Waals surface area contributed by atoms with E-state index in [9.17, 15) is 19.5 Å². The summed E-state index contributed by atoms with van der Waals surface area (Å²) in [5, 5.41) is 21.3. The number of aryl methyl sites for hydroxylation is 1. The highest BCUT2D eigenvalue weighted by molar-refractivity contribution is 5.98. The van der Waals surface area contributed by atoms with Crippen LogP contribution in [0.2, 0.25) is 0 Å². The van der Waals surface area contributed by atoms with E-state index in [1.54, 1.807) is 0 Å². The van der Waals surface area contributed by atoms with Gasteiger partial charge in [0.2, 0.25) is 5.91 Å². The number of carbonyl (C=O) groups is 3. The van der Waals surface area contributed by atoms with E-state index < -0.39 is 30.1 Å². The van der Waals surface area contributed by atoms with Crippen molar-refractivity contribution in [2.24, 2.45) is 0 Å². The van der Waals surface area contributed by atoms with E-state index in [1.807, 2.05) is 104 Å². The smallest absolute Gasteiger partial charge is 0.407 e. The van der Waals surface area contributed by atoms with Gasteiger partial charge in [-0.1, -0.05) is 78.9 Å². The van der Waals surface area contributed by atoms with Crippen molar-refractivity contribution in [2.75, 3.05) is 52.3 Å². The second-order valence-corrected chi connectivity index (χ2v) is 11.3. The van der Waals surface area contributed by atoms with Crippen LogP contribution in [0.15, 0.2) is 84.9 Å². The van der Waals surface area contributed by atoms with E-state index in [-0.39, 0.29) is 18.8 Å². The maximum Gasteiger partial charge on any atom is 0.407 e. The zero-order chi connectivity index (χ0) is 32.0. The number of carboxylic acid groups (broad SMARTS) is 1. The van der Waals surface area contributed by atoms with Crippen LogP contribution in [-0.4, -0.2) is 93.2 Å². The number of anilines is 1. The molecule has 1 saturated heterocycles. The van der Waals surface area contributed by atoms with E-state index in [1.165, 1.54) is 0 Å². The lowest BCUT2D eigenvalue weighted by molar-refractivity contribution is -0.118. The molecule has 0 unspecified atom stereocenters. The zero-order valence-corrected chi connectivity index (χ0v) is 25.8. The molecule has 3 aromatic carbocycles. The van der Waals surface area contributed by atoms with Crippen molar-refractivity contribution in [1.29, 1.82) is 0 Å². The quantitative estimate of drug-likeness (QED) is 0.185. The van der Waals surface area contributed by atoms with Crippen LogP contribution in [0.5, 0.6) is 0 Å². The summed E-state index contributed by atoms with van der Waals surface area (Å²) in [4.78, 5) is 39.6. The predicted molar refractivity (Wildman–Crippen MR) is 173 cm³/mol. The Bertz CT molecular complexity index is 1330. The van der Waals surface area contributed by atoms with Gasteiger partial charge in [-0.3, -0.25) is 4.79 Å². The molecule has 240 valence electrons. The Morgan fingerprint density at radius 1 is 0.978 bits per heavy atom. The molecule has 3 aromatic rings. The maximum absolute atomic E-state index is 13.8. The van der Waals surface area contributed by atoms with E-state index in [2.05, 4.69) is 21.3 Å². The monoisotopic (exact) mass is 617 g/mol. The second kappa shape index (κ2) is 17.1. The van der Waals surface area contributed by atoms with Gasteiger partial charge in [0, 0.05) is 31.2 Å². The number of nitrogens with zero attached hydrogens (tertiary/aromatic N) is 1. The first-order chi connectivity index (χ1) is 21.8. The molecule has 0 aromatic heterocycles. The lowest BCUT2D eigenvalue weighted by Gasteiger charge is -2.30. The molecule has 0 bridgehead atoms. The molecular weight excluding hydrogens is 574 g/mol. The van der Waals surface area contributed by atoms with Crippen molar-refractivity contribution in [1.82, 2.24) is 20.9 Å². The summed E-state index contributed by atoms with van der Waals surface area (Å²) in [7, 11) is 3.87. The summed E-state index contributed by atoms with van der Waals surface area (Å²) in [5.74, 6) is -0.995. The SMILES string of the molecule is CN(C)CCNC(=O)OC[C@@H]1CO[C@H](CCc2ccccc2NC(=O)[C@@H](NC(=O)O)C(c2ccccc2)c2ccccc2)CN1. The maximum atomic E-state index is 13.8. The standard InChI is InChI=1S/C34H43N5O6/c1-39(2)20-19-35-34(43)45-23-27-22-44-28(21-36-27)18-17-24-11-9-10-16-29(24)37-32(40)31(38-33(41)42)30(25-12-5-3-6-13-25)26-14-7-4-8-15-26/h3-16,27-28,30-31,36,38H,17-23H2,1-2H3,(H,35,43)(H,37,40)(H,41,42)/t27-,28+,31-/m0/s1. The molecule has 3 amide bonds. The van der Waals surface area contributed by atoms with E-state index >= 15 is 0 Å². The number of morpholine rings is 1. The molecule has 1 aliphatic heterocycles. The van der Waals surface area contributed by atoms with Gasteiger partial charge in [-0.25, -0.2) is 9.59 Å². The third-order valence-electron chi connectivity index (χ3n) is 7.63. The number of para-hydroxylation sites is 1. The molecule has 0 radical (unpaired) electrons. The van der Waals surface area contributed by atoms with Crippen LogP contribution in [0.3, 0.4) is 0 Å². The Labute approximate surface area is 264 Å². The van der Waals surface area contributed by atoms with Gasteiger partial charge in [-0.05, 0) is 49.7 Å². The number of ether oxygens (including phenoxy) is 2. The first-order valence-corrected chi connectivity index (χ1v) is 15.2. The van der Waals surface area contributed by atoms with Crippen molar-refractivity contribution in [3.63, 3.8) is 0 Å². The Kier molecular flexibility index (Phi) is 12.7. The van der Waals surface area contributed by atoms with Crippen LogP contribution in [0.25, 0.3) is 0 Å². The fraction of sp³-hybridized carbons (Fsp3) is 0.382. The van der Waals surface area contributed by atoms with Gasteiger partial charge >= 0.3 is 12.2 Å². The van der Waals surface area contributed by atoms with Crippen LogP contribution in [0, 0.1) is 0 Å². The number of likely N-dealkylation sites (N-methyl/N-ethyl adjacent to an activating group) is 1. The third kappa shape index (κ3) is 10.6. The average molecular weight is 618 g/mol. The summed E-state index contributed by atoms with van der Waals surface area (Å²) < 4.78 is 11.3.